The Morgan fingerprint density at radius 1 is 1.43 bits per heavy atom. The second-order valence-corrected chi connectivity index (χ2v) is 6.20. The Morgan fingerprint density at radius 3 is 2.64 bits per heavy atom. The van der Waals surface area contributed by atoms with Crippen molar-refractivity contribution in [3.63, 3.8) is 0 Å². The summed E-state index contributed by atoms with van der Waals surface area (Å²) >= 11 is 7.59. The summed E-state index contributed by atoms with van der Waals surface area (Å²) in [6.45, 7) is 5.68. The average Bonchev–Trinajstić information content (AvgIpc) is 2.47. The molecule has 0 aliphatic carbocycles. The number of hydrogen-bond acceptors (Lipinski definition) is 2. The fourth-order valence-electron chi connectivity index (χ4n) is 1.47. The van der Waals surface area contributed by atoms with E-state index in [0.717, 1.165) is 17.3 Å². The zero-order valence-electron chi connectivity index (χ0n) is 9.06. The van der Waals surface area contributed by atoms with Crippen LogP contribution in [-0.2, 0) is 6.42 Å². The van der Waals surface area contributed by atoms with E-state index in [1.165, 1.54) is 11.3 Å². The molecule has 80 valence electrons. The molecule has 0 aliphatic rings. The van der Waals surface area contributed by atoms with Gasteiger partial charge in [0.2, 0.25) is 0 Å². The summed E-state index contributed by atoms with van der Waals surface area (Å²) in [6.07, 6.45) is 2.31. The van der Waals surface area contributed by atoms with Crippen molar-refractivity contribution in [1.82, 2.24) is 5.32 Å². The molecule has 1 N–H and O–H groups in total. The van der Waals surface area contributed by atoms with Crippen LogP contribution in [0.4, 0.5) is 0 Å². The first-order valence-electron chi connectivity index (χ1n) is 4.92. The van der Waals surface area contributed by atoms with Gasteiger partial charge in [-0.25, -0.2) is 0 Å². The summed E-state index contributed by atoms with van der Waals surface area (Å²) in [6, 6.07) is 4.11. The van der Waals surface area contributed by atoms with Gasteiger partial charge in [-0.05, 0) is 44.0 Å². The van der Waals surface area contributed by atoms with Crippen LogP contribution in [0.5, 0.6) is 0 Å². The molecule has 14 heavy (non-hydrogen) atoms. The molecular weight excluding hydrogens is 214 g/mol. The van der Waals surface area contributed by atoms with Crippen LogP contribution >= 0.6 is 22.9 Å². The third kappa shape index (κ3) is 3.99. The molecule has 1 nitrogen and oxygen atoms in total. The van der Waals surface area contributed by atoms with Gasteiger partial charge in [0.15, 0.2) is 0 Å². The van der Waals surface area contributed by atoms with E-state index in [1.807, 2.05) is 13.1 Å². The normalized spacial score (nSPS) is 12.0. The van der Waals surface area contributed by atoms with E-state index in [0.29, 0.717) is 5.41 Å². The molecule has 0 atom stereocenters. The molecule has 0 saturated heterocycles. The molecule has 1 rings (SSSR count). The zero-order chi connectivity index (χ0) is 10.6. The first-order chi connectivity index (χ1) is 6.53. The van der Waals surface area contributed by atoms with E-state index in [-0.39, 0.29) is 0 Å². The molecule has 1 aromatic heterocycles. The standard InChI is InChI=1S/C11H18ClNS/c1-11(2,6-7-13-3)8-9-4-5-10(12)14-9/h4-5,13H,6-8H2,1-3H3. The molecule has 0 aliphatic heterocycles. The minimum absolute atomic E-state index is 0.358. The third-order valence-electron chi connectivity index (χ3n) is 2.33. The topological polar surface area (TPSA) is 12.0 Å². The molecule has 0 aromatic carbocycles. The van der Waals surface area contributed by atoms with Gasteiger partial charge in [-0.15, -0.1) is 11.3 Å². The maximum Gasteiger partial charge on any atom is 0.0931 e. The van der Waals surface area contributed by atoms with Crippen molar-refractivity contribution in [2.24, 2.45) is 5.41 Å². The zero-order valence-corrected chi connectivity index (χ0v) is 10.6. The number of rotatable bonds is 5. The fraction of sp³-hybridized carbons (Fsp3) is 0.636. The molecule has 0 amide bonds. The predicted molar refractivity (Wildman–Crippen MR) is 65.4 cm³/mol. The van der Waals surface area contributed by atoms with Crippen molar-refractivity contribution >= 4 is 22.9 Å². The fourth-order valence-corrected chi connectivity index (χ4v) is 2.82. The van der Waals surface area contributed by atoms with Crippen LogP contribution in [0.1, 0.15) is 25.1 Å². The molecule has 0 spiro atoms. The lowest BCUT2D eigenvalue weighted by atomic mass is 9.85. The van der Waals surface area contributed by atoms with Crippen molar-refractivity contribution in [2.45, 2.75) is 26.7 Å². The van der Waals surface area contributed by atoms with Gasteiger partial charge in [0.05, 0.1) is 4.34 Å². The Kier molecular flexibility index (Phi) is 4.42. The SMILES string of the molecule is CNCCC(C)(C)Cc1ccc(Cl)s1. The van der Waals surface area contributed by atoms with Crippen LogP contribution in [0, 0.1) is 5.41 Å². The molecule has 0 unspecified atom stereocenters. The minimum Gasteiger partial charge on any atom is -0.320 e. The number of hydrogen-bond donors (Lipinski definition) is 1. The van der Waals surface area contributed by atoms with Gasteiger partial charge in [0, 0.05) is 4.88 Å². The Morgan fingerprint density at radius 2 is 2.14 bits per heavy atom. The Balaban J connectivity index is 2.49. The lowest BCUT2D eigenvalue weighted by molar-refractivity contribution is 0.332. The molecule has 1 heterocycles. The smallest absolute Gasteiger partial charge is 0.0931 e. The van der Waals surface area contributed by atoms with Crippen LogP contribution < -0.4 is 5.32 Å². The lowest BCUT2D eigenvalue weighted by Gasteiger charge is -2.23. The molecule has 0 bridgehead atoms. The lowest BCUT2D eigenvalue weighted by Crippen LogP contribution is -2.21. The highest BCUT2D eigenvalue weighted by Crippen LogP contribution is 2.30. The minimum atomic E-state index is 0.358. The maximum atomic E-state index is 5.90. The van der Waals surface area contributed by atoms with Crippen molar-refractivity contribution in [1.29, 1.82) is 0 Å². The van der Waals surface area contributed by atoms with Gasteiger partial charge < -0.3 is 5.32 Å². The highest BCUT2D eigenvalue weighted by Gasteiger charge is 2.18. The van der Waals surface area contributed by atoms with Gasteiger partial charge in [0.1, 0.15) is 0 Å². The average molecular weight is 232 g/mol. The van der Waals surface area contributed by atoms with Gasteiger partial charge >= 0.3 is 0 Å². The summed E-state index contributed by atoms with van der Waals surface area (Å²) in [7, 11) is 2.00. The number of halogens is 1. The van der Waals surface area contributed by atoms with E-state index < -0.39 is 0 Å². The highest BCUT2D eigenvalue weighted by molar-refractivity contribution is 7.16. The second-order valence-electron chi connectivity index (χ2n) is 4.40. The van der Waals surface area contributed by atoms with Gasteiger partial charge in [-0.2, -0.15) is 0 Å². The van der Waals surface area contributed by atoms with E-state index >= 15 is 0 Å². The predicted octanol–water partition coefficient (Wildman–Crippen LogP) is 3.58. The van der Waals surface area contributed by atoms with Crippen LogP contribution in [-0.4, -0.2) is 13.6 Å². The van der Waals surface area contributed by atoms with Gasteiger partial charge in [0.25, 0.3) is 0 Å². The largest absolute Gasteiger partial charge is 0.320 e. The Labute approximate surface area is 95.5 Å². The Hall–Kier alpha value is -0.0500. The summed E-state index contributed by atoms with van der Waals surface area (Å²) < 4.78 is 0.893. The van der Waals surface area contributed by atoms with E-state index in [4.69, 9.17) is 11.6 Å². The van der Waals surface area contributed by atoms with Crippen molar-refractivity contribution in [2.75, 3.05) is 13.6 Å². The third-order valence-corrected chi connectivity index (χ3v) is 3.56. The molecule has 0 radical (unpaired) electrons. The molecule has 3 heteroatoms. The van der Waals surface area contributed by atoms with E-state index in [9.17, 15) is 0 Å². The van der Waals surface area contributed by atoms with Crippen molar-refractivity contribution in [3.05, 3.63) is 21.3 Å². The summed E-state index contributed by atoms with van der Waals surface area (Å²) in [5.41, 5.74) is 0.358. The molecule has 1 aromatic rings. The van der Waals surface area contributed by atoms with Gasteiger partial charge in [-0.3, -0.25) is 0 Å². The van der Waals surface area contributed by atoms with Crippen LogP contribution in [0.25, 0.3) is 0 Å². The van der Waals surface area contributed by atoms with Gasteiger partial charge in [-0.1, -0.05) is 25.4 Å². The summed E-state index contributed by atoms with van der Waals surface area (Å²) in [5.74, 6) is 0. The first kappa shape index (κ1) is 12.0. The number of nitrogens with one attached hydrogen (secondary N) is 1. The second kappa shape index (κ2) is 5.15. The highest BCUT2D eigenvalue weighted by atomic mass is 35.5. The van der Waals surface area contributed by atoms with Crippen LogP contribution in [0.2, 0.25) is 4.34 Å². The molecular formula is C11H18ClNS. The van der Waals surface area contributed by atoms with Crippen LogP contribution in [0.15, 0.2) is 12.1 Å². The summed E-state index contributed by atoms with van der Waals surface area (Å²) in [4.78, 5) is 1.39. The maximum absolute atomic E-state index is 5.90. The quantitative estimate of drug-likeness (QED) is 0.817. The molecule has 0 saturated carbocycles. The monoisotopic (exact) mass is 231 g/mol. The van der Waals surface area contributed by atoms with E-state index in [1.54, 1.807) is 11.3 Å². The first-order valence-corrected chi connectivity index (χ1v) is 6.12. The molecule has 0 fully saturated rings. The van der Waals surface area contributed by atoms with Crippen LogP contribution in [0.3, 0.4) is 0 Å². The van der Waals surface area contributed by atoms with Crippen molar-refractivity contribution < 1.29 is 0 Å². The van der Waals surface area contributed by atoms with E-state index in [2.05, 4.69) is 25.2 Å². The summed E-state index contributed by atoms with van der Waals surface area (Å²) in [5, 5.41) is 3.19. The Bertz CT molecular complexity index is 281. The number of thiophene rings is 1. The van der Waals surface area contributed by atoms with Crippen molar-refractivity contribution in [3.8, 4) is 0 Å².